The Balaban J connectivity index is 1.83. The lowest BCUT2D eigenvalue weighted by Gasteiger charge is -2.17. The molecule has 1 saturated carbocycles. The first-order valence-electron chi connectivity index (χ1n) is 6.64. The van der Waals surface area contributed by atoms with E-state index in [0.717, 1.165) is 18.4 Å². The average Bonchev–Trinajstić information content (AvgIpc) is 3.13. The zero-order chi connectivity index (χ0) is 11.2. The van der Waals surface area contributed by atoms with E-state index in [9.17, 15) is 0 Å². The third kappa shape index (κ3) is 3.64. The summed E-state index contributed by atoms with van der Waals surface area (Å²) in [5, 5.41) is 3.58. The molecule has 2 rings (SSSR count). The molecule has 1 unspecified atom stereocenters. The van der Waals surface area contributed by atoms with Gasteiger partial charge < -0.3 is 5.32 Å². The van der Waals surface area contributed by atoms with E-state index in [4.69, 9.17) is 0 Å². The Hall–Kier alpha value is -0.820. The number of nitrogens with one attached hydrogen (secondary N) is 1. The topological polar surface area (TPSA) is 12.0 Å². The van der Waals surface area contributed by atoms with E-state index in [2.05, 4.69) is 42.6 Å². The van der Waals surface area contributed by atoms with Crippen LogP contribution >= 0.6 is 0 Å². The molecule has 0 spiro atoms. The third-order valence-corrected chi connectivity index (χ3v) is 3.46. The highest BCUT2D eigenvalue weighted by Crippen LogP contribution is 2.38. The number of rotatable bonds is 7. The molecule has 0 bridgehead atoms. The first-order chi connectivity index (χ1) is 7.90. The van der Waals surface area contributed by atoms with Gasteiger partial charge in [-0.1, -0.05) is 37.3 Å². The minimum Gasteiger partial charge on any atom is -0.316 e. The summed E-state index contributed by atoms with van der Waals surface area (Å²) in [6.07, 6.45) is 5.39. The van der Waals surface area contributed by atoms with Gasteiger partial charge in [0.05, 0.1) is 0 Å². The van der Waals surface area contributed by atoms with Crippen molar-refractivity contribution < 1.29 is 0 Å². The maximum Gasteiger partial charge on any atom is -0.00147 e. The first kappa shape index (κ1) is 11.7. The van der Waals surface area contributed by atoms with Crippen LogP contribution in [0.25, 0.3) is 0 Å². The molecular weight excluding hydrogens is 194 g/mol. The lowest BCUT2D eigenvalue weighted by molar-refractivity contribution is 0.424. The van der Waals surface area contributed by atoms with Crippen molar-refractivity contribution in [2.75, 3.05) is 13.1 Å². The minimum atomic E-state index is 0.856. The highest BCUT2D eigenvalue weighted by molar-refractivity contribution is 5.15. The van der Waals surface area contributed by atoms with Crippen molar-refractivity contribution in [1.29, 1.82) is 0 Å². The molecule has 1 aliphatic rings. The van der Waals surface area contributed by atoms with Gasteiger partial charge in [-0.25, -0.2) is 0 Å². The van der Waals surface area contributed by atoms with Crippen LogP contribution in [0.2, 0.25) is 0 Å². The summed E-state index contributed by atoms with van der Waals surface area (Å²) in [5.74, 6) is 1.85. The van der Waals surface area contributed by atoms with Crippen molar-refractivity contribution in [1.82, 2.24) is 5.32 Å². The van der Waals surface area contributed by atoms with Crippen LogP contribution in [0.3, 0.4) is 0 Å². The normalized spacial score (nSPS) is 17.3. The van der Waals surface area contributed by atoms with Crippen LogP contribution < -0.4 is 5.32 Å². The van der Waals surface area contributed by atoms with E-state index in [1.165, 1.54) is 37.8 Å². The lowest BCUT2D eigenvalue weighted by Crippen LogP contribution is -2.26. The van der Waals surface area contributed by atoms with Gasteiger partial charge in [-0.05, 0) is 56.2 Å². The standard InChI is InChI=1S/C15H23N/c1-2-10-16-12-15(14-8-9-14)11-13-6-4-3-5-7-13/h3-7,14-16H,2,8-12H2,1H3. The summed E-state index contributed by atoms with van der Waals surface area (Å²) in [4.78, 5) is 0. The summed E-state index contributed by atoms with van der Waals surface area (Å²) in [6, 6.07) is 10.9. The summed E-state index contributed by atoms with van der Waals surface area (Å²) in [5.41, 5.74) is 1.50. The van der Waals surface area contributed by atoms with E-state index >= 15 is 0 Å². The van der Waals surface area contributed by atoms with Crippen molar-refractivity contribution in [2.45, 2.75) is 32.6 Å². The van der Waals surface area contributed by atoms with Crippen LogP contribution in [0.1, 0.15) is 31.7 Å². The molecule has 1 heteroatoms. The molecule has 0 amide bonds. The Morgan fingerprint density at radius 2 is 2.00 bits per heavy atom. The first-order valence-corrected chi connectivity index (χ1v) is 6.64. The van der Waals surface area contributed by atoms with Gasteiger partial charge in [0.2, 0.25) is 0 Å². The van der Waals surface area contributed by atoms with Crippen LogP contribution in [-0.4, -0.2) is 13.1 Å². The van der Waals surface area contributed by atoms with E-state index in [1.807, 2.05) is 0 Å². The maximum absolute atomic E-state index is 3.58. The van der Waals surface area contributed by atoms with Crippen molar-refractivity contribution in [3.8, 4) is 0 Å². The fourth-order valence-electron chi connectivity index (χ4n) is 2.35. The predicted molar refractivity (Wildman–Crippen MR) is 69.5 cm³/mol. The predicted octanol–water partition coefficient (Wildman–Crippen LogP) is 3.25. The van der Waals surface area contributed by atoms with Crippen molar-refractivity contribution in [3.63, 3.8) is 0 Å². The highest BCUT2D eigenvalue weighted by atomic mass is 14.9. The zero-order valence-corrected chi connectivity index (χ0v) is 10.3. The number of benzene rings is 1. The average molecular weight is 217 g/mol. The SMILES string of the molecule is CCCNCC(Cc1ccccc1)C1CC1. The highest BCUT2D eigenvalue weighted by Gasteiger charge is 2.30. The van der Waals surface area contributed by atoms with E-state index < -0.39 is 0 Å². The van der Waals surface area contributed by atoms with Gasteiger partial charge in [-0.15, -0.1) is 0 Å². The molecule has 1 fully saturated rings. The Kier molecular flexibility index (Phi) is 4.41. The smallest absolute Gasteiger partial charge is 0.00147 e. The maximum atomic E-state index is 3.58. The largest absolute Gasteiger partial charge is 0.316 e. The van der Waals surface area contributed by atoms with Crippen LogP contribution in [0.4, 0.5) is 0 Å². The molecule has 1 N–H and O–H groups in total. The Morgan fingerprint density at radius 3 is 2.62 bits per heavy atom. The Labute approximate surface area is 99.3 Å². The number of hydrogen-bond donors (Lipinski definition) is 1. The van der Waals surface area contributed by atoms with E-state index in [0.29, 0.717) is 0 Å². The Morgan fingerprint density at radius 1 is 1.25 bits per heavy atom. The van der Waals surface area contributed by atoms with Gasteiger partial charge in [0.1, 0.15) is 0 Å². The van der Waals surface area contributed by atoms with Crippen molar-refractivity contribution in [2.24, 2.45) is 11.8 Å². The molecule has 1 aliphatic carbocycles. The molecule has 1 aromatic rings. The van der Waals surface area contributed by atoms with Crippen molar-refractivity contribution >= 4 is 0 Å². The second kappa shape index (κ2) is 6.05. The van der Waals surface area contributed by atoms with Gasteiger partial charge in [-0.2, -0.15) is 0 Å². The van der Waals surface area contributed by atoms with Gasteiger partial charge >= 0.3 is 0 Å². The van der Waals surface area contributed by atoms with Gasteiger partial charge in [0.15, 0.2) is 0 Å². The lowest BCUT2D eigenvalue weighted by atomic mass is 9.94. The van der Waals surface area contributed by atoms with Gasteiger partial charge in [-0.3, -0.25) is 0 Å². The molecule has 0 aliphatic heterocycles. The molecule has 0 aromatic heterocycles. The second-order valence-corrected chi connectivity index (χ2v) is 4.99. The third-order valence-electron chi connectivity index (χ3n) is 3.46. The van der Waals surface area contributed by atoms with Crippen LogP contribution in [0.5, 0.6) is 0 Å². The van der Waals surface area contributed by atoms with E-state index in [1.54, 1.807) is 0 Å². The zero-order valence-electron chi connectivity index (χ0n) is 10.3. The summed E-state index contributed by atoms with van der Waals surface area (Å²) >= 11 is 0. The molecular formula is C15H23N. The second-order valence-electron chi connectivity index (χ2n) is 4.99. The molecule has 1 atom stereocenters. The quantitative estimate of drug-likeness (QED) is 0.691. The van der Waals surface area contributed by atoms with E-state index in [-0.39, 0.29) is 0 Å². The summed E-state index contributed by atoms with van der Waals surface area (Å²) in [6.45, 7) is 4.60. The van der Waals surface area contributed by atoms with Crippen LogP contribution in [0, 0.1) is 11.8 Å². The van der Waals surface area contributed by atoms with Crippen LogP contribution in [-0.2, 0) is 6.42 Å². The molecule has 0 saturated heterocycles. The summed E-state index contributed by atoms with van der Waals surface area (Å²) in [7, 11) is 0. The molecule has 88 valence electrons. The Bertz CT molecular complexity index is 290. The minimum absolute atomic E-state index is 0.856. The van der Waals surface area contributed by atoms with Crippen molar-refractivity contribution in [3.05, 3.63) is 35.9 Å². The van der Waals surface area contributed by atoms with Gasteiger partial charge in [0, 0.05) is 0 Å². The molecule has 0 heterocycles. The molecule has 1 nitrogen and oxygen atoms in total. The molecule has 1 aromatic carbocycles. The fourth-order valence-corrected chi connectivity index (χ4v) is 2.35. The van der Waals surface area contributed by atoms with Crippen LogP contribution in [0.15, 0.2) is 30.3 Å². The van der Waals surface area contributed by atoms with Gasteiger partial charge in [0.25, 0.3) is 0 Å². The number of hydrogen-bond acceptors (Lipinski definition) is 1. The monoisotopic (exact) mass is 217 g/mol. The molecule has 0 radical (unpaired) electrons. The summed E-state index contributed by atoms with van der Waals surface area (Å²) < 4.78 is 0. The molecule has 16 heavy (non-hydrogen) atoms. The fraction of sp³-hybridized carbons (Fsp3) is 0.600.